The van der Waals surface area contributed by atoms with Crippen molar-refractivity contribution in [1.29, 1.82) is 0 Å². The number of amides is 1. The number of nitrogens with zero attached hydrogens (tertiary/aromatic N) is 1. The molecule has 0 aliphatic rings. The Balaban J connectivity index is 1.92. The summed E-state index contributed by atoms with van der Waals surface area (Å²) in [6.07, 6.45) is 0.374. The molecule has 0 aliphatic carbocycles. The predicted octanol–water partition coefficient (Wildman–Crippen LogP) is 3.30. The minimum absolute atomic E-state index is 0.0187. The molecule has 1 N–H and O–H groups in total. The first-order valence-corrected chi connectivity index (χ1v) is 7.30. The molecule has 0 spiro atoms. The van der Waals surface area contributed by atoms with Gasteiger partial charge in [-0.2, -0.15) is 0 Å². The molecule has 0 radical (unpaired) electrons. The first-order chi connectivity index (χ1) is 11.5. The van der Waals surface area contributed by atoms with E-state index in [9.17, 15) is 19.7 Å². The lowest BCUT2D eigenvalue weighted by molar-refractivity contribution is -0.384. The first-order valence-electron chi connectivity index (χ1n) is 7.30. The minimum atomic E-state index is -0.512. The molecule has 124 valence electrons. The van der Waals surface area contributed by atoms with Gasteiger partial charge in [0, 0.05) is 24.2 Å². The standard InChI is InChI=1S/C17H16N2O5/c1-2-16(20)18-14-7-5-13(6-8-14)17(21)24-11-12-3-9-15(10-4-12)19(22)23/h3-10H,2,11H2,1H3,(H,18,20). The van der Waals surface area contributed by atoms with E-state index in [1.807, 2.05) is 0 Å². The van der Waals surface area contributed by atoms with Crippen molar-refractivity contribution in [1.82, 2.24) is 0 Å². The highest BCUT2D eigenvalue weighted by molar-refractivity contribution is 5.92. The van der Waals surface area contributed by atoms with Gasteiger partial charge in [-0.1, -0.05) is 6.92 Å². The maximum Gasteiger partial charge on any atom is 0.338 e. The molecule has 7 nitrogen and oxygen atoms in total. The number of benzene rings is 2. The largest absolute Gasteiger partial charge is 0.457 e. The molecule has 0 atom stereocenters. The quantitative estimate of drug-likeness (QED) is 0.498. The third kappa shape index (κ3) is 4.64. The molecule has 24 heavy (non-hydrogen) atoms. The van der Waals surface area contributed by atoms with Crippen molar-refractivity contribution in [2.45, 2.75) is 20.0 Å². The lowest BCUT2D eigenvalue weighted by Gasteiger charge is -2.07. The zero-order valence-corrected chi connectivity index (χ0v) is 13.0. The molecule has 0 aliphatic heterocycles. The normalized spacial score (nSPS) is 10.0. The Bertz CT molecular complexity index is 739. The highest BCUT2D eigenvalue weighted by Gasteiger charge is 2.09. The van der Waals surface area contributed by atoms with Crippen LogP contribution in [0, 0.1) is 10.1 Å². The van der Waals surface area contributed by atoms with Gasteiger partial charge in [0.25, 0.3) is 5.69 Å². The van der Waals surface area contributed by atoms with Gasteiger partial charge < -0.3 is 10.1 Å². The highest BCUT2D eigenvalue weighted by atomic mass is 16.6. The zero-order chi connectivity index (χ0) is 17.5. The zero-order valence-electron chi connectivity index (χ0n) is 13.0. The number of anilines is 1. The maximum absolute atomic E-state index is 12.0. The number of nitrogens with one attached hydrogen (secondary N) is 1. The molecule has 7 heteroatoms. The fraction of sp³-hybridized carbons (Fsp3) is 0.176. The summed E-state index contributed by atoms with van der Waals surface area (Å²) in [6, 6.07) is 12.1. The van der Waals surface area contributed by atoms with Crippen LogP contribution in [-0.4, -0.2) is 16.8 Å². The number of non-ortho nitro benzene ring substituents is 1. The second-order valence-electron chi connectivity index (χ2n) is 4.98. The summed E-state index contributed by atoms with van der Waals surface area (Å²) in [5.74, 6) is -0.620. The molecule has 2 aromatic carbocycles. The second-order valence-corrected chi connectivity index (χ2v) is 4.98. The second kappa shape index (κ2) is 7.87. The topological polar surface area (TPSA) is 98.5 Å². The summed E-state index contributed by atoms with van der Waals surface area (Å²) < 4.78 is 5.16. The van der Waals surface area contributed by atoms with E-state index in [0.29, 0.717) is 23.2 Å². The summed E-state index contributed by atoms with van der Waals surface area (Å²) in [5.41, 5.74) is 1.59. The van der Waals surface area contributed by atoms with Gasteiger partial charge in [-0.25, -0.2) is 4.79 Å². The van der Waals surface area contributed by atoms with Crippen LogP contribution < -0.4 is 5.32 Å². The Morgan fingerprint density at radius 1 is 1.08 bits per heavy atom. The molecule has 0 saturated carbocycles. The number of carbonyl (C=O) groups is 2. The minimum Gasteiger partial charge on any atom is -0.457 e. The van der Waals surface area contributed by atoms with Gasteiger partial charge in [0.05, 0.1) is 10.5 Å². The van der Waals surface area contributed by atoms with E-state index in [-0.39, 0.29) is 18.2 Å². The number of esters is 1. The lowest BCUT2D eigenvalue weighted by atomic mass is 10.2. The third-order valence-electron chi connectivity index (χ3n) is 3.24. The Kier molecular flexibility index (Phi) is 5.62. The Labute approximate surface area is 138 Å². The number of rotatable bonds is 6. The van der Waals surface area contributed by atoms with Gasteiger partial charge in [0.15, 0.2) is 0 Å². The highest BCUT2D eigenvalue weighted by Crippen LogP contribution is 2.14. The third-order valence-corrected chi connectivity index (χ3v) is 3.24. The molecule has 0 heterocycles. The molecular formula is C17H16N2O5. The van der Waals surface area contributed by atoms with Gasteiger partial charge in [-0.15, -0.1) is 0 Å². The van der Waals surface area contributed by atoms with Crippen molar-refractivity contribution in [3.8, 4) is 0 Å². The monoisotopic (exact) mass is 328 g/mol. The summed E-state index contributed by atoms with van der Waals surface area (Å²) in [6.45, 7) is 1.77. The molecule has 0 bridgehead atoms. The van der Waals surface area contributed by atoms with E-state index in [0.717, 1.165) is 0 Å². The number of nitro groups is 1. The summed E-state index contributed by atoms with van der Waals surface area (Å²) >= 11 is 0. The van der Waals surface area contributed by atoms with Crippen LogP contribution in [0.5, 0.6) is 0 Å². The fourth-order valence-electron chi connectivity index (χ4n) is 1.89. The fourth-order valence-corrected chi connectivity index (χ4v) is 1.89. The average Bonchev–Trinajstić information content (AvgIpc) is 2.60. The predicted molar refractivity (Wildman–Crippen MR) is 87.6 cm³/mol. The van der Waals surface area contributed by atoms with Gasteiger partial charge >= 0.3 is 5.97 Å². The molecule has 2 aromatic rings. The summed E-state index contributed by atoms with van der Waals surface area (Å²) in [7, 11) is 0. The Morgan fingerprint density at radius 2 is 1.71 bits per heavy atom. The van der Waals surface area contributed by atoms with Crippen molar-refractivity contribution in [3.05, 3.63) is 69.8 Å². The van der Waals surface area contributed by atoms with E-state index < -0.39 is 10.9 Å². The van der Waals surface area contributed by atoms with Gasteiger partial charge in [-0.3, -0.25) is 14.9 Å². The van der Waals surface area contributed by atoms with Crippen LogP contribution >= 0.6 is 0 Å². The van der Waals surface area contributed by atoms with Crippen LogP contribution in [0.4, 0.5) is 11.4 Å². The van der Waals surface area contributed by atoms with Crippen molar-refractivity contribution >= 4 is 23.3 Å². The van der Waals surface area contributed by atoms with E-state index in [1.54, 1.807) is 31.2 Å². The van der Waals surface area contributed by atoms with Crippen molar-refractivity contribution in [2.24, 2.45) is 0 Å². The molecule has 0 unspecified atom stereocenters. The van der Waals surface area contributed by atoms with Crippen molar-refractivity contribution < 1.29 is 19.2 Å². The number of nitro benzene ring substituents is 1. The molecule has 0 saturated heterocycles. The summed E-state index contributed by atoms with van der Waals surface area (Å²) in [5, 5.41) is 13.3. The molecule has 0 aromatic heterocycles. The van der Waals surface area contributed by atoms with Gasteiger partial charge in [0.1, 0.15) is 6.61 Å². The number of hydrogen-bond donors (Lipinski definition) is 1. The van der Waals surface area contributed by atoms with Crippen molar-refractivity contribution in [2.75, 3.05) is 5.32 Å². The summed E-state index contributed by atoms with van der Waals surface area (Å²) in [4.78, 5) is 33.3. The van der Waals surface area contributed by atoms with Crippen LogP contribution in [-0.2, 0) is 16.1 Å². The van der Waals surface area contributed by atoms with Crippen LogP contribution in [0.25, 0.3) is 0 Å². The number of hydrogen-bond acceptors (Lipinski definition) is 5. The smallest absolute Gasteiger partial charge is 0.338 e. The SMILES string of the molecule is CCC(=O)Nc1ccc(C(=O)OCc2ccc([N+](=O)[O-])cc2)cc1. The van der Waals surface area contributed by atoms with Crippen LogP contribution in [0.3, 0.4) is 0 Å². The molecule has 1 amide bonds. The van der Waals surface area contributed by atoms with Crippen LogP contribution in [0.2, 0.25) is 0 Å². The van der Waals surface area contributed by atoms with Gasteiger partial charge in [-0.05, 0) is 42.0 Å². The van der Waals surface area contributed by atoms with E-state index in [2.05, 4.69) is 5.32 Å². The van der Waals surface area contributed by atoms with Crippen LogP contribution in [0.1, 0.15) is 29.3 Å². The van der Waals surface area contributed by atoms with Crippen molar-refractivity contribution in [3.63, 3.8) is 0 Å². The molecular weight excluding hydrogens is 312 g/mol. The van der Waals surface area contributed by atoms with Crippen LogP contribution in [0.15, 0.2) is 48.5 Å². The van der Waals surface area contributed by atoms with E-state index >= 15 is 0 Å². The maximum atomic E-state index is 12.0. The Morgan fingerprint density at radius 3 is 2.25 bits per heavy atom. The Hall–Kier alpha value is -3.22. The number of ether oxygens (including phenoxy) is 1. The average molecular weight is 328 g/mol. The van der Waals surface area contributed by atoms with E-state index in [1.165, 1.54) is 24.3 Å². The van der Waals surface area contributed by atoms with Gasteiger partial charge in [0.2, 0.25) is 5.91 Å². The first kappa shape index (κ1) is 17.1. The molecule has 2 rings (SSSR count). The lowest BCUT2D eigenvalue weighted by Crippen LogP contribution is -2.10. The number of carbonyl (C=O) groups excluding carboxylic acids is 2. The molecule has 0 fully saturated rings. The van der Waals surface area contributed by atoms with E-state index in [4.69, 9.17) is 4.74 Å².